The molecule has 1 aromatic carbocycles. The number of amides is 1. The van der Waals surface area contributed by atoms with E-state index in [0.29, 0.717) is 29.9 Å². The summed E-state index contributed by atoms with van der Waals surface area (Å²) in [4.78, 5) is 35.3. The van der Waals surface area contributed by atoms with Crippen molar-refractivity contribution in [2.45, 2.75) is 89.9 Å². The van der Waals surface area contributed by atoms with E-state index in [4.69, 9.17) is 9.72 Å². The molecule has 0 unspecified atom stereocenters. The zero-order valence-corrected chi connectivity index (χ0v) is 25.5. The van der Waals surface area contributed by atoms with Crippen LogP contribution >= 0.6 is 0 Å². The highest BCUT2D eigenvalue weighted by atomic mass is 16.5. The average Bonchev–Trinajstić information content (AvgIpc) is 3.68. The van der Waals surface area contributed by atoms with Crippen molar-refractivity contribution < 1.29 is 14.6 Å². The smallest absolute Gasteiger partial charge is 0.259 e. The molecule has 2 N–H and O–H groups in total. The zero-order valence-electron chi connectivity index (χ0n) is 25.5. The van der Waals surface area contributed by atoms with E-state index in [1.165, 1.54) is 6.33 Å². The zero-order chi connectivity index (χ0) is 30.8. The second-order valence-electron chi connectivity index (χ2n) is 12.4. The van der Waals surface area contributed by atoms with E-state index >= 15 is 0 Å². The number of pyridine rings is 1. The number of aliphatic hydroxyl groups is 1. The summed E-state index contributed by atoms with van der Waals surface area (Å²) >= 11 is 0. The lowest BCUT2D eigenvalue weighted by Gasteiger charge is -2.32. The van der Waals surface area contributed by atoms with Gasteiger partial charge >= 0.3 is 0 Å². The third-order valence-electron chi connectivity index (χ3n) is 8.36. The van der Waals surface area contributed by atoms with Crippen LogP contribution in [-0.4, -0.2) is 59.2 Å². The molecule has 11 heteroatoms. The molecule has 0 bridgehead atoms. The van der Waals surface area contributed by atoms with Crippen LogP contribution in [-0.2, 0) is 22.4 Å². The Kier molecular flexibility index (Phi) is 8.42. The lowest BCUT2D eigenvalue weighted by Crippen LogP contribution is -2.36. The van der Waals surface area contributed by atoms with Crippen LogP contribution in [0.15, 0.2) is 58.8 Å². The summed E-state index contributed by atoms with van der Waals surface area (Å²) in [6.45, 7) is 5.87. The molecule has 44 heavy (non-hydrogen) atoms. The molecular weight excluding hydrogens is 558 g/mol. The minimum absolute atomic E-state index is 0.0116. The van der Waals surface area contributed by atoms with Gasteiger partial charge in [-0.05, 0) is 57.6 Å². The van der Waals surface area contributed by atoms with E-state index < -0.39 is 5.60 Å². The van der Waals surface area contributed by atoms with Crippen molar-refractivity contribution in [1.82, 2.24) is 29.6 Å². The normalized spacial score (nSPS) is 18.9. The number of nitrogens with one attached hydrogen (secondary N) is 1. The first kappa shape index (κ1) is 29.8. The molecule has 3 aromatic heterocycles. The number of hydrogen-bond acceptors (Lipinski definition) is 8. The van der Waals surface area contributed by atoms with Crippen LogP contribution in [0, 0.1) is 0 Å². The number of nitrogens with zero attached hydrogens (tertiary/aromatic N) is 6. The van der Waals surface area contributed by atoms with E-state index in [1.54, 1.807) is 13.8 Å². The molecule has 1 aliphatic carbocycles. The summed E-state index contributed by atoms with van der Waals surface area (Å²) in [6.07, 6.45) is 8.83. The number of hydrogen-bond donors (Lipinski definition) is 2. The number of aromatic nitrogens is 5. The molecule has 1 fully saturated rings. The summed E-state index contributed by atoms with van der Waals surface area (Å²) < 4.78 is 9.65. The molecule has 6 rings (SSSR count). The first-order valence-electron chi connectivity index (χ1n) is 15.4. The third-order valence-corrected chi connectivity index (χ3v) is 8.36. The van der Waals surface area contributed by atoms with Gasteiger partial charge in [0.05, 0.1) is 41.8 Å². The number of carbonyl (C=O) groups excluding carboxylic acids is 1. The van der Waals surface area contributed by atoms with Crippen LogP contribution in [0.5, 0.6) is 0 Å². The van der Waals surface area contributed by atoms with E-state index in [9.17, 15) is 14.7 Å². The Hall–Kier alpha value is -4.22. The fourth-order valence-electron chi connectivity index (χ4n) is 6.24. The highest BCUT2D eigenvalue weighted by molar-refractivity contribution is 6.16. The van der Waals surface area contributed by atoms with Crippen molar-refractivity contribution in [3.63, 3.8) is 0 Å². The van der Waals surface area contributed by atoms with Gasteiger partial charge in [0.25, 0.3) is 5.56 Å². The Labute approximate surface area is 256 Å². The molecule has 0 spiro atoms. The number of rotatable bonds is 10. The highest BCUT2D eigenvalue weighted by Crippen LogP contribution is 2.31. The number of benzene rings is 1. The lowest BCUT2D eigenvalue weighted by molar-refractivity contribution is -0.119. The maximum absolute atomic E-state index is 14.3. The van der Waals surface area contributed by atoms with Gasteiger partial charge in [-0.3, -0.25) is 19.1 Å². The predicted octanol–water partition coefficient (Wildman–Crippen LogP) is 3.99. The van der Waals surface area contributed by atoms with Crippen molar-refractivity contribution in [1.29, 1.82) is 0 Å². The Balaban J connectivity index is 1.29. The van der Waals surface area contributed by atoms with Crippen molar-refractivity contribution in [2.24, 2.45) is 5.10 Å². The maximum Gasteiger partial charge on any atom is 0.259 e. The Bertz CT molecular complexity index is 1740. The van der Waals surface area contributed by atoms with E-state index in [0.717, 1.165) is 60.2 Å². The minimum atomic E-state index is -0.870. The Morgan fingerprint density at radius 1 is 1.05 bits per heavy atom. The molecule has 0 radical (unpaired) electrons. The van der Waals surface area contributed by atoms with Gasteiger partial charge < -0.3 is 9.84 Å². The van der Waals surface area contributed by atoms with E-state index in [-0.39, 0.29) is 36.6 Å². The molecule has 1 aliphatic heterocycles. The van der Waals surface area contributed by atoms with Crippen LogP contribution in [0.25, 0.3) is 17.0 Å². The molecule has 4 aromatic rings. The van der Waals surface area contributed by atoms with Gasteiger partial charge in [0.15, 0.2) is 0 Å². The molecule has 0 atom stereocenters. The first-order valence-corrected chi connectivity index (χ1v) is 15.4. The van der Waals surface area contributed by atoms with E-state index in [1.807, 2.05) is 51.7 Å². The summed E-state index contributed by atoms with van der Waals surface area (Å²) in [6, 6.07) is 11.7. The monoisotopic (exact) mass is 597 g/mol. The van der Waals surface area contributed by atoms with Crippen molar-refractivity contribution >= 4 is 17.4 Å². The van der Waals surface area contributed by atoms with Crippen molar-refractivity contribution in [3.05, 3.63) is 81.7 Å². The van der Waals surface area contributed by atoms with E-state index in [2.05, 4.69) is 27.5 Å². The van der Waals surface area contributed by atoms with Gasteiger partial charge in [-0.2, -0.15) is 15.2 Å². The number of carbonyl (C=O) groups is 1. The summed E-state index contributed by atoms with van der Waals surface area (Å²) in [7, 11) is 0. The topological polar surface area (TPSA) is 136 Å². The third kappa shape index (κ3) is 6.20. The Morgan fingerprint density at radius 2 is 1.82 bits per heavy atom. The molecule has 2 aliphatic rings. The van der Waals surface area contributed by atoms with Gasteiger partial charge in [0.1, 0.15) is 6.33 Å². The SMILES string of the molecule is CCCc1c(Cc2ccc(-c3ccccc3C3=NNC(=O)C3)nc2)c(=O)n(C2CCC(OCC(C)(C)O)CC2)c2ncnn12. The molecule has 4 heterocycles. The lowest BCUT2D eigenvalue weighted by atomic mass is 9.92. The van der Waals surface area contributed by atoms with Gasteiger partial charge in [0, 0.05) is 35.3 Å². The standard InChI is InChI=1S/C33H39N7O4/c1-4-7-29-26(16-21-10-15-27(34-18-21)24-8-5-6-9-25(24)28-17-30(41)38-37-28)31(42)39(32-35-20-36-40(29)32)22-11-13-23(14-12-22)44-19-33(2,3)43/h5-6,8-10,15,18,20,22-23,43H,4,7,11-14,16-17,19H2,1-3H3,(H,38,41). The number of hydrazone groups is 1. The van der Waals surface area contributed by atoms with Gasteiger partial charge in [-0.15, -0.1) is 0 Å². The number of aryl methyl sites for hydroxylation is 1. The molecule has 1 amide bonds. The predicted molar refractivity (Wildman–Crippen MR) is 167 cm³/mol. The second-order valence-corrected chi connectivity index (χ2v) is 12.4. The molecule has 0 saturated heterocycles. The van der Waals surface area contributed by atoms with Crippen LogP contribution in [0.3, 0.4) is 0 Å². The van der Waals surface area contributed by atoms with Gasteiger partial charge in [-0.25, -0.2) is 9.94 Å². The number of ether oxygens (including phenoxy) is 1. The molecular formula is C33H39N7O4. The minimum Gasteiger partial charge on any atom is -0.388 e. The molecule has 1 saturated carbocycles. The van der Waals surface area contributed by atoms with Crippen LogP contribution in [0.2, 0.25) is 0 Å². The fraction of sp³-hybridized carbons (Fsp3) is 0.455. The maximum atomic E-state index is 14.3. The summed E-state index contributed by atoms with van der Waals surface area (Å²) in [5.41, 5.74) is 7.38. The largest absolute Gasteiger partial charge is 0.388 e. The molecule has 11 nitrogen and oxygen atoms in total. The second kappa shape index (κ2) is 12.4. The number of fused-ring (bicyclic) bond motifs is 1. The van der Waals surface area contributed by atoms with Crippen LogP contribution < -0.4 is 11.0 Å². The highest BCUT2D eigenvalue weighted by Gasteiger charge is 2.29. The summed E-state index contributed by atoms with van der Waals surface area (Å²) in [5, 5.41) is 18.8. The van der Waals surface area contributed by atoms with Crippen molar-refractivity contribution in [3.8, 4) is 11.3 Å². The van der Waals surface area contributed by atoms with Crippen molar-refractivity contribution in [2.75, 3.05) is 6.61 Å². The fourth-order valence-corrected chi connectivity index (χ4v) is 6.24. The Morgan fingerprint density at radius 3 is 2.48 bits per heavy atom. The first-order chi connectivity index (χ1) is 21.2. The van der Waals surface area contributed by atoms with Crippen LogP contribution in [0.4, 0.5) is 0 Å². The van der Waals surface area contributed by atoms with Gasteiger partial charge in [-0.1, -0.05) is 43.7 Å². The summed E-state index contributed by atoms with van der Waals surface area (Å²) in [5.74, 6) is 0.457. The quantitative estimate of drug-likeness (QED) is 0.282. The average molecular weight is 598 g/mol. The van der Waals surface area contributed by atoms with Crippen LogP contribution in [0.1, 0.15) is 87.7 Å². The molecule has 230 valence electrons. The van der Waals surface area contributed by atoms with Gasteiger partial charge in [0.2, 0.25) is 11.7 Å².